The average Bonchev–Trinajstić information content (AvgIpc) is 3.70. The van der Waals surface area contributed by atoms with Gasteiger partial charge in [0.25, 0.3) is 0 Å². The zero-order chi connectivity index (χ0) is 32.4. The summed E-state index contributed by atoms with van der Waals surface area (Å²) in [5, 5.41) is 13.5. The Hall–Kier alpha value is -5.12. The van der Waals surface area contributed by atoms with E-state index in [2.05, 4.69) is 51.9 Å². The summed E-state index contributed by atoms with van der Waals surface area (Å²) in [6, 6.07) is 23.1. The molecule has 3 saturated heterocycles. The Bertz CT molecular complexity index is 1920. The molecule has 4 amide bonds. The number of piperazine rings is 2. The number of nitrogens with one attached hydrogen (secondary N) is 4. The molecule has 0 saturated carbocycles. The van der Waals surface area contributed by atoms with Crippen molar-refractivity contribution in [1.29, 1.82) is 0 Å². The molecule has 6 atom stereocenters. The number of hydrogen-bond donors (Lipinski definition) is 4. The Labute approximate surface area is 272 Å². The maximum Gasteiger partial charge on any atom is 0.247 e. The van der Waals surface area contributed by atoms with Gasteiger partial charge in [0, 0.05) is 47.6 Å². The molecule has 3 fully saturated rings. The summed E-state index contributed by atoms with van der Waals surface area (Å²) in [6.45, 7) is 4.10. The molecular weight excluding hydrogens is 592 g/mol. The van der Waals surface area contributed by atoms with Gasteiger partial charge >= 0.3 is 0 Å². The van der Waals surface area contributed by atoms with Gasteiger partial charge in [-0.2, -0.15) is 0 Å². The van der Waals surface area contributed by atoms with Gasteiger partial charge < -0.3 is 30.7 Å². The first-order chi connectivity index (χ1) is 22.7. The van der Waals surface area contributed by atoms with Crippen LogP contribution in [0.3, 0.4) is 0 Å². The first-order valence-electron chi connectivity index (χ1n) is 16.5. The number of carbonyl (C=O) groups is 4. The zero-order valence-corrected chi connectivity index (χ0v) is 26.4. The second-order valence-corrected chi connectivity index (χ2v) is 13.7. The van der Waals surface area contributed by atoms with E-state index in [0.29, 0.717) is 25.7 Å². The molecule has 10 heteroatoms. The van der Waals surface area contributed by atoms with Gasteiger partial charge in [-0.1, -0.05) is 80.6 Å². The number of fused-ring (bicyclic) bond motifs is 6. The minimum atomic E-state index is -0.780. The molecule has 5 heterocycles. The van der Waals surface area contributed by atoms with E-state index < -0.39 is 35.9 Å². The van der Waals surface area contributed by atoms with Crippen LogP contribution in [0.15, 0.2) is 85.1 Å². The number of anilines is 1. The first kappa shape index (κ1) is 29.3. The van der Waals surface area contributed by atoms with Gasteiger partial charge in [-0.25, -0.2) is 0 Å². The number of aromatic nitrogens is 1. The summed E-state index contributed by atoms with van der Waals surface area (Å²) < 4.78 is 2.21. The number of benzene rings is 3. The number of rotatable bonds is 7. The molecule has 3 aromatic carbocycles. The van der Waals surface area contributed by atoms with Gasteiger partial charge in [0.2, 0.25) is 23.6 Å². The third kappa shape index (κ3) is 4.60. The lowest BCUT2D eigenvalue weighted by atomic mass is 9.86. The lowest BCUT2D eigenvalue weighted by molar-refractivity contribution is -0.149. The van der Waals surface area contributed by atoms with Crippen molar-refractivity contribution in [3.63, 3.8) is 0 Å². The quantitative estimate of drug-likeness (QED) is 0.250. The Kier molecular flexibility index (Phi) is 6.86. The number of carbonyl (C=O) groups excluding carboxylic acids is 4. The number of para-hydroxylation sites is 2. The Morgan fingerprint density at radius 3 is 2.17 bits per heavy atom. The predicted molar refractivity (Wildman–Crippen MR) is 177 cm³/mol. The van der Waals surface area contributed by atoms with Crippen LogP contribution >= 0.6 is 0 Å². The number of hydrogen-bond acceptors (Lipinski definition) is 5. The summed E-state index contributed by atoms with van der Waals surface area (Å²) in [5.74, 6) is -0.389. The molecule has 4 aliphatic heterocycles. The van der Waals surface area contributed by atoms with Gasteiger partial charge in [0.1, 0.15) is 35.9 Å². The molecule has 4 aliphatic rings. The highest BCUT2D eigenvalue weighted by atomic mass is 16.2. The van der Waals surface area contributed by atoms with Crippen LogP contribution in [-0.2, 0) is 37.6 Å². The fourth-order valence-corrected chi connectivity index (χ4v) is 8.27. The van der Waals surface area contributed by atoms with Crippen molar-refractivity contribution in [3.8, 4) is 0 Å². The summed E-state index contributed by atoms with van der Waals surface area (Å²) in [7, 11) is 0. The minimum absolute atomic E-state index is 0.0705. The summed E-state index contributed by atoms with van der Waals surface area (Å²) in [6.07, 6.45) is 3.25. The summed E-state index contributed by atoms with van der Waals surface area (Å²) in [4.78, 5) is 56.1. The van der Waals surface area contributed by atoms with E-state index >= 15 is 0 Å². The minimum Gasteiger partial charge on any atom is -0.363 e. The summed E-state index contributed by atoms with van der Waals surface area (Å²) >= 11 is 0. The van der Waals surface area contributed by atoms with Crippen molar-refractivity contribution in [3.05, 3.63) is 102 Å². The van der Waals surface area contributed by atoms with Crippen molar-refractivity contribution < 1.29 is 19.2 Å². The molecule has 8 rings (SSSR count). The van der Waals surface area contributed by atoms with Crippen molar-refractivity contribution in [2.75, 3.05) is 5.32 Å². The second-order valence-electron chi connectivity index (χ2n) is 13.7. The highest BCUT2D eigenvalue weighted by Gasteiger charge is 2.64. The van der Waals surface area contributed by atoms with E-state index in [-0.39, 0.29) is 29.5 Å². The van der Waals surface area contributed by atoms with E-state index in [1.54, 1.807) is 4.90 Å². The van der Waals surface area contributed by atoms with Crippen LogP contribution in [0.2, 0.25) is 0 Å². The van der Waals surface area contributed by atoms with E-state index in [1.165, 1.54) is 0 Å². The molecule has 47 heavy (non-hydrogen) atoms. The van der Waals surface area contributed by atoms with Gasteiger partial charge in [-0.05, 0) is 35.6 Å². The number of nitrogens with zero attached hydrogens (tertiary/aromatic N) is 2. The Morgan fingerprint density at radius 1 is 0.745 bits per heavy atom. The smallest absolute Gasteiger partial charge is 0.247 e. The third-order valence-electron chi connectivity index (χ3n) is 10.3. The van der Waals surface area contributed by atoms with Crippen LogP contribution in [-0.4, -0.2) is 63.4 Å². The molecule has 4 N–H and O–H groups in total. The number of amides is 4. The lowest BCUT2D eigenvalue weighted by Crippen LogP contribution is -2.64. The maximum absolute atomic E-state index is 14.1. The molecule has 1 aromatic heterocycles. The van der Waals surface area contributed by atoms with Gasteiger partial charge in [-0.3, -0.25) is 19.2 Å². The van der Waals surface area contributed by atoms with E-state index in [4.69, 9.17) is 0 Å². The predicted octanol–water partition coefficient (Wildman–Crippen LogP) is 3.05. The van der Waals surface area contributed by atoms with Gasteiger partial charge in [0.05, 0.1) is 0 Å². The Balaban J connectivity index is 1.17. The summed E-state index contributed by atoms with van der Waals surface area (Å²) in [5.41, 5.74) is 3.97. The first-order valence-corrected chi connectivity index (χ1v) is 16.5. The molecule has 0 bridgehead atoms. The third-order valence-corrected chi connectivity index (χ3v) is 10.3. The molecular formula is C37H38N6O4. The average molecular weight is 631 g/mol. The molecule has 240 valence electrons. The van der Waals surface area contributed by atoms with Crippen molar-refractivity contribution in [2.24, 2.45) is 5.92 Å². The van der Waals surface area contributed by atoms with E-state index in [9.17, 15) is 19.2 Å². The Morgan fingerprint density at radius 2 is 1.40 bits per heavy atom. The van der Waals surface area contributed by atoms with E-state index in [0.717, 1.165) is 33.3 Å². The molecule has 0 unspecified atom stereocenters. The fourth-order valence-electron chi connectivity index (χ4n) is 8.27. The van der Waals surface area contributed by atoms with Crippen molar-refractivity contribution in [2.45, 2.75) is 75.4 Å². The molecule has 0 aliphatic carbocycles. The van der Waals surface area contributed by atoms with Crippen molar-refractivity contribution >= 4 is 40.2 Å². The SMILES string of the molecule is CC(C)C[C@H]1NC(=O)[C@@H]2C[C@]3(n4cc(C[C@@H]5NC(=O)[C@@H](Cc6ccccc6)NC5=O)c5ccccc54)c4ccccc4N[C@@H]3N2C1=O. The van der Waals surface area contributed by atoms with Crippen LogP contribution in [0.1, 0.15) is 43.4 Å². The van der Waals surface area contributed by atoms with Gasteiger partial charge in [-0.15, -0.1) is 0 Å². The monoisotopic (exact) mass is 630 g/mol. The standard InChI is InChI=1S/C37H38N6O4/c1-21(2)16-29-35(47)43-31(34(46)40-29)19-37(25-13-7-8-14-26(25)41-36(37)43)42-20-23(24-12-6-9-15-30(24)42)18-28-33(45)38-27(32(44)39-28)17-22-10-4-3-5-11-22/h3-15,20-21,27-29,31,36,41H,16-19H2,1-2H3,(H,38,45)(H,39,44)(H,40,46)/t27-,28+,29-,31+,36-,37+/m1/s1. The second kappa shape index (κ2) is 11.0. The van der Waals surface area contributed by atoms with Gasteiger partial charge in [0.15, 0.2) is 0 Å². The zero-order valence-electron chi connectivity index (χ0n) is 26.4. The van der Waals surface area contributed by atoms with Crippen LogP contribution < -0.4 is 21.3 Å². The highest BCUT2D eigenvalue weighted by molar-refractivity contribution is 6.00. The normalized spacial score (nSPS) is 28.0. The molecule has 0 spiro atoms. The fraction of sp³-hybridized carbons (Fsp3) is 0.351. The largest absolute Gasteiger partial charge is 0.363 e. The van der Waals surface area contributed by atoms with Crippen molar-refractivity contribution in [1.82, 2.24) is 25.4 Å². The maximum atomic E-state index is 14.1. The highest BCUT2D eigenvalue weighted by Crippen LogP contribution is 2.54. The van der Waals surface area contributed by atoms with Crippen LogP contribution in [0, 0.1) is 5.92 Å². The van der Waals surface area contributed by atoms with Crippen LogP contribution in [0.4, 0.5) is 5.69 Å². The van der Waals surface area contributed by atoms with E-state index in [1.807, 2.05) is 72.8 Å². The molecule has 0 radical (unpaired) electrons. The molecule has 4 aromatic rings. The van der Waals surface area contributed by atoms with Crippen LogP contribution in [0.5, 0.6) is 0 Å². The molecule has 10 nitrogen and oxygen atoms in total. The lowest BCUT2D eigenvalue weighted by Gasteiger charge is -2.39. The topological polar surface area (TPSA) is 125 Å². The van der Waals surface area contributed by atoms with Crippen LogP contribution in [0.25, 0.3) is 10.9 Å².